The summed E-state index contributed by atoms with van der Waals surface area (Å²) in [4.78, 5) is 0. The van der Waals surface area contributed by atoms with E-state index < -0.39 is 0 Å². The van der Waals surface area contributed by atoms with Crippen LogP contribution in [0.25, 0.3) is 0 Å². The molecule has 4 nitrogen and oxygen atoms in total. The fourth-order valence-corrected chi connectivity index (χ4v) is 3.36. The van der Waals surface area contributed by atoms with E-state index >= 15 is 0 Å². The zero-order valence-corrected chi connectivity index (χ0v) is 15.2. The van der Waals surface area contributed by atoms with Crippen molar-refractivity contribution in [2.24, 2.45) is 5.92 Å². The monoisotopic (exact) mass is 336 g/mol. The molecule has 1 aliphatic rings. The van der Waals surface area contributed by atoms with Crippen molar-refractivity contribution < 1.29 is 9.47 Å². The summed E-state index contributed by atoms with van der Waals surface area (Å²) in [6.07, 6.45) is 6.06. The van der Waals surface area contributed by atoms with Crippen LogP contribution in [0.4, 0.5) is 0 Å². The molecule has 2 N–H and O–H groups in total. The molecule has 2 rings (SSSR count). The van der Waals surface area contributed by atoms with Gasteiger partial charge in [-0.15, -0.1) is 0 Å². The van der Waals surface area contributed by atoms with Crippen molar-refractivity contribution in [2.45, 2.75) is 45.1 Å². The molecule has 5 heteroatoms. The first-order chi connectivity index (χ1) is 11.1. The third-order valence-corrected chi connectivity index (χ3v) is 4.84. The topological polar surface area (TPSA) is 42.5 Å². The Morgan fingerprint density at radius 2 is 1.91 bits per heavy atom. The van der Waals surface area contributed by atoms with Crippen LogP contribution < -0.4 is 20.1 Å². The van der Waals surface area contributed by atoms with Crippen LogP contribution in [0.15, 0.2) is 18.2 Å². The first kappa shape index (κ1) is 17.9. The Bertz CT molecular complexity index is 522. The Balaban J connectivity index is 1.77. The maximum atomic E-state index is 5.42. The molecule has 0 aliphatic heterocycles. The van der Waals surface area contributed by atoms with E-state index in [1.807, 2.05) is 12.1 Å². The van der Waals surface area contributed by atoms with E-state index in [1.54, 1.807) is 14.2 Å². The van der Waals surface area contributed by atoms with Crippen LogP contribution in [0.5, 0.6) is 11.5 Å². The van der Waals surface area contributed by atoms with Gasteiger partial charge in [-0.3, -0.25) is 0 Å². The van der Waals surface area contributed by atoms with Gasteiger partial charge in [-0.05, 0) is 55.1 Å². The first-order valence-electron chi connectivity index (χ1n) is 8.39. The second-order valence-electron chi connectivity index (χ2n) is 6.21. The Labute approximate surface area is 144 Å². The Kier molecular flexibility index (Phi) is 6.96. The Hall–Kier alpha value is -1.49. The third kappa shape index (κ3) is 5.27. The number of hydrogen-bond acceptors (Lipinski definition) is 3. The SMILES string of the molecule is COc1ccc(CCNC(=S)NC2CCCCC2C)cc1OC. The molecule has 2 unspecified atom stereocenters. The largest absolute Gasteiger partial charge is 0.493 e. The average molecular weight is 337 g/mol. The number of methoxy groups -OCH3 is 2. The molecule has 1 fully saturated rings. The smallest absolute Gasteiger partial charge is 0.166 e. The Morgan fingerprint density at radius 1 is 1.17 bits per heavy atom. The number of rotatable bonds is 6. The molecule has 1 aromatic carbocycles. The molecule has 2 atom stereocenters. The van der Waals surface area contributed by atoms with Gasteiger partial charge < -0.3 is 20.1 Å². The first-order valence-corrected chi connectivity index (χ1v) is 8.80. The van der Waals surface area contributed by atoms with Crippen LogP contribution in [-0.2, 0) is 6.42 Å². The molecule has 0 bridgehead atoms. The predicted molar refractivity (Wildman–Crippen MR) is 98.4 cm³/mol. The highest BCUT2D eigenvalue weighted by atomic mass is 32.1. The lowest BCUT2D eigenvalue weighted by Crippen LogP contribution is -2.46. The lowest BCUT2D eigenvalue weighted by atomic mass is 9.86. The summed E-state index contributed by atoms with van der Waals surface area (Å²) < 4.78 is 10.6. The molecule has 1 saturated carbocycles. The van der Waals surface area contributed by atoms with Gasteiger partial charge in [0, 0.05) is 12.6 Å². The summed E-state index contributed by atoms with van der Waals surface area (Å²) in [6.45, 7) is 3.12. The van der Waals surface area contributed by atoms with E-state index in [0.29, 0.717) is 12.0 Å². The van der Waals surface area contributed by atoms with Crippen LogP contribution in [0.1, 0.15) is 38.2 Å². The third-order valence-electron chi connectivity index (χ3n) is 4.58. The maximum absolute atomic E-state index is 5.42. The summed E-state index contributed by atoms with van der Waals surface area (Å²) in [7, 11) is 3.31. The quantitative estimate of drug-likeness (QED) is 0.780. The lowest BCUT2D eigenvalue weighted by Gasteiger charge is -2.30. The molecule has 0 spiro atoms. The summed E-state index contributed by atoms with van der Waals surface area (Å²) in [5, 5.41) is 7.55. The van der Waals surface area contributed by atoms with E-state index in [4.69, 9.17) is 21.7 Å². The minimum absolute atomic E-state index is 0.518. The van der Waals surface area contributed by atoms with E-state index in [9.17, 15) is 0 Å². The van der Waals surface area contributed by atoms with E-state index in [2.05, 4.69) is 23.6 Å². The molecular formula is C18H28N2O2S. The number of benzene rings is 1. The number of nitrogens with one attached hydrogen (secondary N) is 2. The number of hydrogen-bond donors (Lipinski definition) is 2. The second kappa shape index (κ2) is 8.96. The second-order valence-corrected chi connectivity index (χ2v) is 6.62. The van der Waals surface area contributed by atoms with E-state index in [1.165, 1.54) is 31.2 Å². The van der Waals surface area contributed by atoms with Crippen LogP contribution in [0.3, 0.4) is 0 Å². The van der Waals surface area contributed by atoms with Crippen molar-refractivity contribution in [3.05, 3.63) is 23.8 Å². The van der Waals surface area contributed by atoms with E-state index in [-0.39, 0.29) is 0 Å². The van der Waals surface area contributed by atoms with Crippen LogP contribution in [0.2, 0.25) is 0 Å². The lowest BCUT2D eigenvalue weighted by molar-refractivity contribution is 0.308. The molecule has 0 amide bonds. The highest BCUT2D eigenvalue weighted by molar-refractivity contribution is 7.80. The molecule has 0 saturated heterocycles. The fourth-order valence-electron chi connectivity index (χ4n) is 3.11. The zero-order valence-electron chi connectivity index (χ0n) is 14.4. The van der Waals surface area contributed by atoms with Crippen LogP contribution in [0, 0.1) is 5.92 Å². The van der Waals surface area contributed by atoms with Crippen molar-refractivity contribution >= 4 is 17.3 Å². The van der Waals surface area contributed by atoms with Gasteiger partial charge in [0.25, 0.3) is 0 Å². The van der Waals surface area contributed by atoms with E-state index in [0.717, 1.165) is 29.6 Å². The molecular weight excluding hydrogens is 308 g/mol. The summed E-state index contributed by atoms with van der Waals surface area (Å²) in [5.74, 6) is 2.23. The minimum atomic E-state index is 0.518. The number of ether oxygens (including phenoxy) is 2. The van der Waals surface area contributed by atoms with Crippen LogP contribution in [-0.4, -0.2) is 31.9 Å². The summed E-state index contributed by atoms with van der Waals surface area (Å²) in [5.41, 5.74) is 1.20. The van der Waals surface area contributed by atoms with Gasteiger partial charge >= 0.3 is 0 Å². The molecule has 0 radical (unpaired) electrons. The van der Waals surface area contributed by atoms with Crippen molar-refractivity contribution in [1.29, 1.82) is 0 Å². The fraction of sp³-hybridized carbons (Fsp3) is 0.611. The average Bonchev–Trinajstić information content (AvgIpc) is 2.56. The van der Waals surface area contributed by atoms with Gasteiger partial charge in [0.15, 0.2) is 16.6 Å². The molecule has 128 valence electrons. The molecule has 1 aromatic rings. The summed E-state index contributed by atoms with van der Waals surface area (Å²) >= 11 is 5.42. The zero-order chi connectivity index (χ0) is 16.7. The number of thiocarbonyl (C=S) groups is 1. The Morgan fingerprint density at radius 3 is 2.61 bits per heavy atom. The highest BCUT2D eigenvalue weighted by Crippen LogP contribution is 2.27. The standard InChI is InChI=1S/C18H28N2O2S/c1-13-6-4-5-7-15(13)20-18(23)19-11-10-14-8-9-16(21-2)17(12-14)22-3/h8-9,12-13,15H,4-7,10-11H2,1-3H3,(H2,19,20,23). The minimum Gasteiger partial charge on any atom is -0.493 e. The summed E-state index contributed by atoms with van der Waals surface area (Å²) in [6, 6.07) is 6.53. The van der Waals surface area contributed by atoms with Gasteiger partial charge in [-0.25, -0.2) is 0 Å². The van der Waals surface area contributed by atoms with Crippen molar-refractivity contribution in [3.8, 4) is 11.5 Å². The van der Waals surface area contributed by atoms with Crippen molar-refractivity contribution in [3.63, 3.8) is 0 Å². The molecule has 0 aromatic heterocycles. The molecule has 1 aliphatic carbocycles. The van der Waals surface area contributed by atoms with Gasteiger partial charge in [0.1, 0.15) is 0 Å². The maximum Gasteiger partial charge on any atom is 0.166 e. The molecule has 0 heterocycles. The predicted octanol–water partition coefficient (Wildman–Crippen LogP) is 3.29. The van der Waals surface area contributed by atoms with Gasteiger partial charge in [0.05, 0.1) is 14.2 Å². The van der Waals surface area contributed by atoms with Crippen molar-refractivity contribution in [2.75, 3.05) is 20.8 Å². The normalized spacial score (nSPS) is 20.7. The van der Waals surface area contributed by atoms with Crippen molar-refractivity contribution in [1.82, 2.24) is 10.6 Å². The van der Waals surface area contributed by atoms with Crippen LogP contribution >= 0.6 is 12.2 Å². The van der Waals surface area contributed by atoms with Gasteiger partial charge in [-0.2, -0.15) is 0 Å². The highest BCUT2D eigenvalue weighted by Gasteiger charge is 2.21. The van der Waals surface area contributed by atoms with Gasteiger partial charge in [0.2, 0.25) is 0 Å². The van der Waals surface area contributed by atoms with Gasteiger partial charge in [-0.1, -0.05) is 25.8 Å². The molecule has 23 heavy (non-hydrogen) atoms.